The van der Waals surface area contributed by atoms with Crippen LogP contribution < -0.4 is 15.4 Å². The molecule has 4 nitrogen and oxygen atoms in total. The summed E-state index contributed by atoms with van der Waals surface area (Å²) in [6.07, 6.45) is 1.55. The number of rotatable bonds is 1. The number of hydrogen-bond acceptors (Lipinski definition) is 3. The van der Waals surface area contributed by atoms with Crippen molar-refractivity contribution in [1.82, 2.24) is 10.6 Å². The molecule has 1 saturated heterocycles. The monoisotopic (exact) mass is 354 g/mol. The number of phenols is 1. The van der Waals surface area contributed by atoms with E-state index in [4.69, 9.17) is 17.0 Å². The minimum Gasteiger partial charge on any atom is -0.508 e. The molecule has 2 heterocycles. The van der Waals surface area contributed by atoms with E-state index in [2.05, 4.69) is 36.6 Å². The predicted octanol–water partition coefficient (Wildman–Crippen LogP) is 3.76. The highest BCUT2D eigenvalue weighted by Gasteiger charge is 2.48. The Labute approximate surface area is 153 Å². The molecule has 0 bridgehead atoms. The van der Waals surface area contributed by atoms with E-state index in [1.165, 1.54) is 0 Å². The van der Waals surface area contributed by atoms with Gasteiger partial charge in [0, 0.05) is 23.6 Å². The Bertz CT molecular complexity index is 822. The molecule has 130 valence electrons. The van der Waals surface area contributed by atoms with Gasteiger partial charge in [0.2, 0.25) is 0 Å². The van der Waals surface area contributed by atoms with Crippen molar-refractivity contribution in [2.45, 2.75) is 43.9 Å². The number of aromatic hydroxyl groups is 1. The van der Waals surface area contributed by atoms with Crippen LogP contribution in [-0.4, -0.2) is 15.8 Å². The number of nitrogens with one attached hydrogen (secondary N) is 2. The van der Waals surface area contributed by atoms with Gasteiger partial charge in [-0.3, -0.25) is 0 Å². The van der Waals surface area contributed by atoms with Gasteiger partial charge in [-0.05, 0) is 50.2 Å². The fourth-order valence-corrected chi connectivity index (χ4v) is 4.63. The molecule has 0 radical (unpaired) electrons. The molecule has 0 aromatic heterocycles. The molecule has 5 heteroatoms. The van der Waals surface area contributed by atoms with E-state index < -0.39 is 0 Å². The fourth-order valence-electron chi connectivity index (χ4n) is 4.16. The van der Waals surface area contributed by atoms with Gasteiger partial charge in [-0.2, -0.15) is 0 Å². The molecule has 0 aliphatic carbocycles. The van der Waals surface area contributed by atoms with Gasteiger partial charge in [0.1, 0.15) is 17.6 Å². The van der Waals surface area contributed by atoms with Crippen molar-refractivity contribution < 1.29 is 9.84 Å². The highest BCUT2D eigenvalue weighted by molar-refractivity contribution is 7.80. The highest BCUT2D eigenvalue weighted by atomic mass is 32.1. The Morgan fingerprint density at radius 2 is 1.88 bits per heavy atom. The Kier molecular flexibility index (Phi) is 3.65. The van der Waals surface area contributed by atoms with Crippen molar-refractivity contribution in [2.75, 3.05) is 0 Å². The molecule has 0 saturated carbocycles. The van der Waals surface area contributed by atoms with Crippen LogP contribution in [0.2, 0.25) is 0 Å². The smallest absolute Gasteiger partial charge is 0.167 e. The highest BCUT2D eigenvalue weighted by Crippen LogP contribution is 2.49. The first-order valence-electron chi connectivity index (χ1n) is 8.52. The van der Waals surface area contributed by atoms with E-state index in [0.29, 0.717) is 10.9 Å². The zero-order valence-electron chi connectivity index (χ0n) is 14.4. The molecule has 1 spiro atoms. The van der Waals surface area contributed by atoms with Crippen molar-refractivity contribution in [2.24, 2.45) is 0 Å². The second kappa shape index (κ2) is 5.63. The first-order valence-corrected chi connectivity index (χ1v) is 8.93. The summed E-state index contributed by atoms with van der Waals surface area (Å²) in [5.41, 5.74) is 1.72. The summed E-state index contributed by atoms with van der Waals surface area (Å²) in [6, 6.07) is 15.6. The quantitative estimate of drug-likeness (QED) is 0.681. The average Bonchev–Trinajstić information content (AvgIpc) is 2.53. The van der Waals surface area contributed by atoms with Crippen molar-refractivity contribution in [3.05, 3.63) is 59.7 Å². The molecule has 2 aromatic rings. The maximum absolute atomic E-state index is 9.95. The zero-order chi connectivity index (χ0) is 17.7. The largest absolute Gasteiger partial charge is 0.508 e. The van der Waals surface area contributed by atoms with E-state index in [1.807, 2.05) is 24.3 Å². The summed E-state index contributed by atoms with van der Waals surface area (Å²) in [5.74, 6) is 0.923. The molecule has 2 aromatic carbocycles. The van der Waals surface area contributed by atoms with Gasteiger partial charge in [0.15, 0.2) is 5.11 Å². The summed E-state index contributed by atoms with van der Waals surface area (Å²) in [7, 11) is 0. The number of phenolic OH excluding ortho intramolecular Hbond substituents is 1. The molecule has 1 fully saturated rings. The predicted molar refractivity (Wildman–Crippen MR) is 102 cm³/mol. The number of fused-ring (bicyclic) bond motifs is 2. The number of thiocarbonyl (C=S) groups is 1. The minimum absolute atomic E-state index is 0.0975. The fraction of sp³-hybridized carbons (Fsp3) is 0.350. The van der Waals surface area contributed by atoms with Crippen LogP contribution in [0, 0.1) is 0 Å². The summed E-state index contributed by atoms with van der Waals surface area (Å²) in [6.45, 7) is 4.32. The Morgan fingerprint density at radius 1 is 1.12 bits per heavy atom. The summed E-state index contributed by atoms with van der Waals surface area (Å²) >= 11 is 5.51. The molecule has 2 aliphatic heterocycles. The van der Waals surface area contributed by atoms with E-state index in [-0.39, 0.29) is 22.9 Å². The van der Waals surface area contributed by atoms with Gasteiger partial charge in [0.25, 0.3) is 0 Å². The zero-order valence-corrected chi connectivity index (χ0v) is 15.2. The third kappa shape index (κ3) is 2.93. The van der Waals surface area contributed by atoms with Crippen molar-refractivity contribution in [1.29, 1.82) is 0 Å². The summed E-state index contributed by atoms with van der Waals surface area (Å²) < 4.78 is 6.27. The van der Waals surface area contributed by atoms with Gasteiger partial charge >= 0.3 is 0 Å². The van der Waals surface area contributed by atoms with Gasteiger partial charge in [-0.15, -0.1) is 0 Å². The number of hydrogen-bond donors (Lipinski definition) is 3. The van der Waals surface area contributed by atoms with Crippen LogP contribution >= 0.6 is 12.2 Å². The van der Waals surface area contributed by atoms with Gasteiger partial charge < -0.3 is 20.5 Å². The summed E-state index contributed by atoms with van der Waals surface area (Å²) in [4.78, 5) is 0. The maximum atomic E-state index is 9.95. The number of benzene rings is 2. The lowest BCUT2D eigenvalue weighted by Crippen LogP contribution is -2.65. The van der Waals surface area contributed by atoms with Crippen LogP contribution in [0.4, 0.5) is 0 Å². The van der Waals surface area contributed by atoms with Gasteiger partial charge in [0.05, 0.1) is 5.54 Å². The third-order valence-electron chi connectivity index (χ3n) is 5.00. The van der Waals surface area contributed by atoms with Crippen LogP contribution in [0.25, 0.3) is 0 Å². The average molecular weight is 354 g/mol. The number of ether oxygens (including phenoxy) is 1. The molecule has 0 amide bonds. The first kappa shape index (κ1) is 16.2. The van der Waals surface area contributed by atoms with Crippen LogP contribution in [0.1, 0.15) is 43.9 Å². The lowest BCUT2D eigenvalue weighted by Gasteiger charge is -2.51. The second-order valence-corrected chi connectivity index (χ2v) is 8.03. The maximum Gasteiger partial charge on any atom is 0.167 e. The van der Waals surface area contributed by atoms with E-state index in [0.717, 1.165) is 24.0 Å². The molecule has 25 heavy (non-hydrogen) atoms. The van der Waals surface area contributed by atoms with Crippen LogP contribution in [0.15, 0.2) is 48.5 Å². The van der Waals surface area contributed by atoms with Crippen molar-refractivity contribution in [3.63, 3.8) is 0 Å². The SMILES string of the molecule is CC1(C)C[C@]2(C[C@@H](c3ccccc3)Oc3cc(O)ccc32)NC(=S)N1. The van der Waals surface area contributed by atoms with E-state index in [1.54, 1.807) is 12.1 Å². The normalized spacial score (nSPS) is 27.0. The second-order valence-electron chi connectivity index (χ2n) is 7.62. The molecule has 3 N–H and O–H groups in total. The van der Waals surface area contributed by atoms with Gasteiger partial charge in [-0.25, -0.2) is 0 Å². The minimum atomic E-state index is -0.326. The van der Waals surface area contributed by atoms with Crippen molar-refractivity contribution in [3.8, 4) is 11.5 Å². The third-order valence-corrected chi connectivity index (χ3v) is 5.21. The molecule has 4 rings (SSSR count). The van der Waals surface area contributed by atoms with E-state index >= 15 is 0 Å². The molecular weight excluding hydrogens is 332 g/mol. The van der Waals surface area contributed by atoms with E-state index in [9.17, 15) is 5.11 Å². The van der Waals surface area contributed by atoms with Gasteiger partial charge in [-0.1, -0.05) is 30.3 Å². The lowest BCUT2D eigenvalue weighted by atomic mass is 9.72. The Hall–Kier alpha value is -2.27. The molecule has 2 atom stereocenters. The molecular formula is C20H22N2O2S. The Balaban J connectivity index is 1.84. The van der Waals surface area contributed by atoms with Crippen LogP contribution in [0.3, 0.4) is 0 Å². The van der Waals surface area contributed by atoms with Crippen LogP contribution in [0.5, 0.6) is 11.5 Å². The first-order chi connectivity index (χ1) is 11.9. The standard InChI is InChI=1S/C20H22N2O2S/c1-19(2)12-20(22-18(25)21-19)11-17(13-6-4-3-5-7-13)24-16-10-14(23)8-9-15(16)20/h3-10,17,23H,11-12H2,1-2H3,(H2,21,22,25)/t17-,20-/m0/s1. The van der Waals surface area contributed by atoms with Crippen molar-refractivity contribution >= 4 is 17.3 Å². The van der Waals surface area contributed by atoms with Crippen LogP contribution in [-0.2, 0) is 5.54 Å². The molecule has 2 aliphatic rings. The topological polar surface area (TPSA) is 53.5 Å². The lowest BCUT2D eigenvalue weighted by molar-refractivity contribution is 0.0869. The Morgan fingerprint density at radius 3 is 2.60 bits per heavy atom. The molecule has 0 unspecified atom stereocenters. The summed E-state index contributed by atoms with van der Waals surface area (Å²) in [5, 5.41) is 17.5.